The zero-order chi connectivity index (χ0) is 14.8. The molecule has 0 fully saturated rings. The lowest BCUT2D eigenvalue weighted by molar-refractivity contribution is 0.573. The Morgan fingerprint density at radius 3 is 1.95 bits per heavy atom. The monoisotopic (exact) mass is 347 g/mol. The van der Waals surface area contributed by atoms with Crippen molar-refractivity contribution < 1.29 is 8.78 Å². The quantitative estimate of drug-likeness (QED) is 0.491. The Labute approximate surface area is 129 Å². The van der Waals surface area contributed by atoms with Crippen molar-refractivity contribution in [3.63, 3.8) is 0 Å². The zero-order valence-corrected chi connectivity index (χ0v) is 13.7. The SMILES string of the molecule is CCCCCCCCCCNc1c(F)cc(Br)cc1F. The summed E-state index contributed by atoms with van der Waals surface area (Å²) in [6, 6.07) is 2.55. The van der Waals surface area contributed by atoms with Crippen molar-refractivity contribution in [2.45, 2.75) is 58.3 Å². The zero-order valence-electron chi connectivity index (χ0n) is 12.2. The first-order chi connectivity index (χ1) is 9.65. The van der Waals surface area contributed by atoms with E-state index in [-0.39, 0.29) is 5.69 Å². The van der Waals surface area contributed by atoms with Gasteiger partial charge in [0.05, 0.1) is 0 Å². The molecule has 0 heterocycles. The summed E-state index contributed by atoms with van der Waals surface area (Å²) in [6.45, 7) is 2.83. The molecule has 0 spiro atoms. The number of benzene rings is 1. The van der Waals surface area contributed by atoms with Crippen molar-refractivity contribution in [2.24, 2.45) is 0 Å². The van der Waals surface area contributed by atoms with E-state index in [1.54, 1.807) is 0 Å². The molecule has 1 aromatic carbocycles. The molecule has 4 heteroatoms. The minimum atomic E-state index is -0.545. The van der Waals surface area contributed by atoms with E-state index in [2.05, 4.69) is 28.2 Å². The maximum atomic E-state index is 13.5. The van der Waals surface area contributed by atoms with Crippen LogP contribution >= 0.6 is 15.9 Å². The van der Waals surface area contributed by atoms with Crippen molar-refractivity contribution in [1.82, 2.24) is 0 Å². The van der Waals surface area contributed by atoms with Gasteiger partial charge in [0.2, 0.25) is 0 Å². The van der Waals surface area contributed by atoms with Crippen molar-refractivity contribution >= 4 is 21.6 Å². The summed E-state index contributed by atoms with van der Waals surface area (Å²) >= 11 is 3.07. The molecule has 0 bridgehead atoms. The van der Waals surface area contributed by atoms with Crippen LogP contribution in [0.5, 0.6) is 0 Å². The number of hydrogen-bond donors (Lipinski definition) is 1. The van der Waals surface area contributed by atoms with E-state index in [4.69, 9.17) is 0 Å². The van der Waals surface area contributed by atoms with Crippen molar-refractivity contribution in [2.75, 3.05) is 11.9 Å². The van der Waals surface area contributed by atoms with Crippen LogP contribution in [-0.4, -0.2) is 6.54 Å². The first-order valence-electron chi connectivity index (χ1n) is 7.53. The van der Waals surface area contributed by atoms with E-state index < -0.39 is 11.6 Å². The fraction of sp³-hybridized carbons (Fsp3) is 0.625. The van der Waals surface area contributed by atoms with Gasteiger partial charge in [-0.3, -0.25) is 0 Å². The summed E-state index contributed by atoms with van der Waals surface area (Å²) in [6.07, 6.45) is 9.75. The van der Waals surface area contributed by atoms with E-state index in [9.17, 15) is 8.78 Å². The molecular formula is C16H24BrF2N. The molecular weight excluding hydrogens is 324 g/mol. The van der Waals surface area contributed by atoms with Gasteiger partial charge in [0.25, 0.3) is 0 Å². The highest BCUT2D eigenvalue weighted by Gasteiger charge is 2.09. The predicted molar refractivity (Wildman–Crippen MR) is 85.2 cm³/mol. The Balaban J connectivity index is 2.13. The molecule has 1 N–H and O–H groups in total. The van der Waals surface area contributed by atoms with Crippen molar-refractivity contribution in [1.29, 1.82) is 0 Å². The summed E-state index contributed by atoms with van der Waals surface area (Å²) < 4.78 is 27.5. The standard InChI is InChI=1S/C16H24BrF2N/c1-2-3-4-5-6-7-8-9-10-20-16-14(18)11-13(17)12-15(16)19/h11-12,20H,2-10H2,1H3. The normalized spacial score (nSPS) is 10.8. The Kier molecular flexibility index (Phi) is 8.83. The van der Waals surface area contributed by atoms with Gasteiger partial charge in [-0.2, -0.15) is 0 Å². The van der Waals surface area contributed by atoms with E-state index in [0.717, 1.165) is 12.8 Å². The van der Waals surface area contributed by atoms with Gasteiger partial charge in [0.15, 0.2) is 0 Å². The molecule has 0 atom stereocenters. The van der Waals surface area contributed by atoms with Gasteiger partial charge in [-0.05, 0) is 18.6 Å². The minimum Gasteiger partial charge on any atom is -0.380 e. The Hall–Kier alpha value is -0.640. The van der Waals surface area contributed by atoms with E-state index in [1.165, 1.54) is 50.7 Å². The lowest BCUT2D eigenvalue weighted by Crippen LogP contribution is -2.05. The van der Waals surface area contributed by atoms with Crippen LogP contribution in [0.2, 0.25) is 0 Å². The number of halogens is 3. The summed E-state index contributed by atoms with van der Waals surface area (Å²) in [4.78, 5) is 0. The average molecular weight is 348 g/mol. The lowest BCUT2D eigenvalue weighted by Gasteiger charge is -2.09. The van der Waals surface area contributed by atoms with Gasteiger partial charge in [-0.1, -0.05) is 67.8 Å². The van der Waals surface area contributed by atoms with Gasteiger partial charge in [-0.25, -0.2) is 8.78 Å². The number of anilines is 1. The second-order valence-corrected chi connectivity index (χ2v) is 6.06. The summed E-state index contributed by atoms with van der Waals surface area (Å²) in [5.41, 5.74) is -0.0175. The number of unbranched alkanes of at least 4 members (excludes halogenated alkanes) is 7. The molecule has 0 amide bonds. The molecule has 0 aromatic heterocycles. The molecule has 1 aromatic rings. The topological polar surface area (TPSA) is 12.0 Å². The van der Waals surface area contributed by atoms with Gasteiger partial charge in [0, 0.05) is 11.0 Å². The van der Waals surface area contributed by atoms with Gasteiger partial charge in [-0.15, -0.1) is 0 Å². The number of nitrogens with one attached hydrogen (secondary N) is 1. The van der Waals surface area contributed by atoms with Crippen molar-refractivity contribution in [3.8, 4) is 0 Å². The molecule has 0 saturated carbocycles. The van der Waals surface area contributed by atoms with Crippen molar-refractivity contribution in [3.05, 3.63) is 28.2 Å². The van der Waals surface area contributed by atoms with Gasteiger partial charge in [0.1, 0.15) is 17.3 Å². The van der Waals surface area contributed by atoms with Gasteiger partial charge < -0.3 is 5.32 Å². The predicted octanol–water partition coefficient (Wildman–Crippen LogP) is 6.28. The smallest absolute Gasteiger partial charge is 0.150 e. The maximum absolute atomic E-state index is 13.5. The third-order valence-corrected chi connectivity index (χ3v) is 3.80. The molecule has 0 aliphatic rings. The van der Waals surface area contributed by atoms with Crippen LogP contribution in [0.15, 0.2) is 16.6 Å². The highest BCUT2D eigenvalue weighted by Crippen LogP contribution is 2.23. The van der Waals surface area contributed by atoms with Crippen LogP contribution in [0.3, 0.4) is 0 Å². The number of rotatable bonds is 10. The average Bonchev–Trinajstić information content (AvgIpc) is 2.39. The largest absolute Gasteiger partial charge is 0.380 e. The van der Waals surface area contributed by atoms with E-state index >= 15 is 0 Å². The molecule has 114 valence electrons. The summed E-state index contributed by atoms with van der Waals surface area (Å²) in [5.74, 6) is -1.09. The fourth-order valence-electron chi connectivity index (χ4n) is 2.18. The minimum absolute atomic E-state index is 0.0175. The lowest BCUT2D eigenvalue weighted by atomic mass is 10.1. The van der Waals surface area contributed by atoms with E-state index in [0.29, 0.717) is 11.0 Å². The van der Waals surface area contributed by atoms with E-state index in [1.807, 2.05) is 0 Å². The molecule has 20 heavy (non-hydrogen) atoms. The fourth-order valence-corrected chi connectivity index (χ4v) is 2.59. The summed E-state index contributed by atoms with van der Waals surface area (Å²) in [7, 11) is 0. The molecule has 0 aliphatic heterocycles. The molecule has 0 aliphatic carbocycles. The van der Waals surface area contributed by atoms with Crippen LogP contribution < -0.4 is 5.32 Å². The first kappa shape index (κ1) is 17.4. The van der Waals surface area contributed by atoms with Crippen LogP contribution in [0.1, 0.15) is 58.3 Å². The maximum Gasteiger partial charge on any atom is 0.150 e. The number of hydrogen-bond acceptors (Lipinski definition) is 1. The molecule has 0 saturated heterocycles. The Bertz CT molecular complexity index is 373. The molecule has 0 radical (unpaired) electrons. The first-order valence-corrected chi connectivity index (χ1v) is 8.33. The Morgan fingerprint density at radius 2 is 1.40 bits per heavy atom. The Morgan fingerprint density at radius 1 is 0.900 bits per heavy atom. The molecule has 0 unspecified atom stereocenters. The third kappa shape index (κ3) is 6.69. The highest BCUT2D eigenvalue weighted by molar-refractivity contribution is 9.10. The second kappa shape index (κ2) is 10.1. The van der Waals surface area contributed by atoms with Crippen LogP contribution in [0, 0.1) is 11.6 Å². The van der Waals surface area contributed by atoms with Crippen LogP contribution in [0.25, 0.3) is 0 Å². The second-order valence-electron chi connectivity index (χ2n) is 5.15. The third-order valence-electron chi connectivity index (χ3n) is 3.34. The van der Waals surface area contributed by atoms with Gasteiger partial charge >= 0.3 is 0 Å². The highest BCUT2D eigenvalue weighted by atomic mass is 79.9. The molecule has 1 nitrogen and oxygen atoms in total. The summed E-state index contributed by atoms with van der Waals surface area (Å²) in [5, 5.41) is 2.85. The van der Waals surface area contributed by atoms with Crippen LogP contribution in [-0.2, 0) is 0 Å². The molecule has 1 rings (SSSR count). The van der Waals surface area contributed by atoms with Crippen LogP contribution in [0.4, 0.5) is 14.5 Å².